The maximum Gasteiger partial charge on any atom is 0.307 e. The van der Waals surface area contributed by atoms with E-state index in [9.17, 15) is 9.90 Å². The van der Waals surface area contributed by atoms with Gasteiger partial charge in [0.1, 0.15) is 5.58 Å². The van der Waals surface area contributed by atoms with Crippen molar-refractivity contribution in [1.82, 2.24) is 5.43 Å². The second-order valence-electron chi connectivity index (χ2n) is 4.83. The number of hydrazone groups is 1. The lowest BCUT2D eigenvalue weighted by Crippen LogP contribution is -2.16. The average molecular weight is 384 g/mol. The van der Waals surface area contributed by atoms with Crippen LogP contribution < -0.4 is 5.43 Å². The molecule has 24 heavy (non-hydrogen) atoms. The molecule has 0 aliphatic carbocycles. The fourth-order valence-electron chi connectivity index (χ4n) is 2.01. The minimum absolute atomic E-state index is 0.0874. The van der Waals surface area contributed by atoms with Gasteiger partial charge in [0.15, 0.2) is 11.5 Å². The van der Waals surface area contributed by atoms with E-state index < -0.39 is 5.91 Å². The topological polar surface area (TPSA) is 74.8 Å². The highest BCUT2D eigenvalue weighted by atomic mass is 35.5. The first-order valence-electron chi connectivity index (χ1n) is 6.64. The monoisotopic (exact) mass is 382 g/mol. The van der Waals surface area contributed by atoms with Gasteiger partial charge in [-0.1, -0.05) is 34.8 Å². The highest BCUT2D eigenvalue weighted by molar-refractivity contribution is 6.37. The molecule has 0 spiro atoms. The summed E-state index contributed by atoms with van der Waals surface area (Å²) in [6.07, 6.45) is 1.34. The SMILES string of the molecule is O=C(N/N=C/c1cc(Cl)c(O)c(Cl)c1)c1cc2cc(Cl)ccc2o1. The lowest BCUT2D eigenvalue weighted by atomic mass is 10.2. The minimum Gasteiger partial charge on any atom is -0.505 e. The summed E-state index contributed by atoms with van der Waals surface area (Å²) >= 11 is 17.5. The normalized spacial score (nSPS) is 11.3. The van der Waals surface area contributed by atoms with Crippen LogP contribution in [-0.4, -0.2) is 17.2 Å². The number of halogens is 3. The Morgan fingerprint density at radius 3 is 2.54 bits per heavy atom. The summed E-state index contributed by atoms with van der Waals surface area (Å²) in [5.74, 6) is -0.624. The number of hydrogen-bond acceptors (Lipinski definition) is 4. The predicted octanol–water partition coefficient (Wildman–Crippen LogP) is 4.86. The molecule has 0 unspecified atom stereocenters. The van der Waals surface area contributed by atoms with E-state index in [4.69, 9.17) is 39.2 Å². The smallest absolute Gasteiger partial charge is 0.307 e. The van der Waals surface area contributed by atoms with Gasteiger partial charge >= 0.3 is 5.91 Å². The summed E-state index contributed by atoms with van der Waals surface area (Å²) in [5, 5.41) is 14.7. The molecule has 5 nitrogen and oxygen atoms in total. The number of amides is 1. The van der Waals surface area contributed by atoms with Gasteiger partial charge in [-0.3, -0.25) is 4.79 Å². The molecule has 2 aromatic carbocycles. The van der Waals surface area contributed by atoms with Crippen LogP contribution >= 0.6 is 34.8 Å². The van der Waals surface area contributed by atoms with E-state index in [-0.39, 0.29) is 21.6 Å². The van der Waals surface area contributed by atoms with Crippen molar-refractivity contribution >= 4 is 57.9 Å². The molecule has 0 atom stereocenters. The van der Waals surface area contributed by atoms with Crippen LogP contribution in [0.15, 0.2) is 45.9 Å². The molecule has 0 fully saturated rings. The highest BCUT2D eigenvalue weighted by Crippen LogP contribution is 2.32. The molecule has 1 heterocycles. The number of rotatable bonds is 3. The Hall–Kier alpha value is -2.21. The molecule has 0 saturated heterocycles. The Morgan fingerprint density at radius 1 is 1.12 bits per heavy atom. The Morgan fingerprint density at radius 2 is 1.83 bits per heavy atom. The Labute approximate surface area is 151 Å². The third-order valence-corrected chi connectivity index (χ3v) is 3.93. The zero-order valence-corrected chi connectivity index (χ0v) is 14.2. The van der Waals surface area contributed by atoms with E-state index in [0.717, 1.165) is 0 Å². The molecule has 2 N–H and O–H groups in total. The molecule has 3 rings (SSSR count). The summed E-state index contributed by atoms with van der Waals surface area (Å²) in [7, 11) is 0. The summed E-state index contributed by atoms with van der Waals surface area (Å²) in [6, 6.07) is 9.54. The van der Waals surface area contributed by atoms with Crippen molar-refractivity contribution in [3.8, 4) is 5.75 Å². The molecule has 1 amide bonds. The molecule has 122 valence electrons. The largest absolute Gasteiger partial charge is 0.505 e. The van der Waals surface area contributed by atoms with E-state index in [1.165, 1.54) is 18.3 Å². The van der Waals surface area contributed by atoms with Crippen LogP contribution in [0.4, 0.5) is 0 Å². The van der Waals surface area contributed by atoms with Crippen molar-refractivity contribution in [1.29, 1.82) is 0 Å². The second kappa shape index (κ2) is 6.73. The molecular weight excluding hydrogens is 375 g/mol. The first kappa shape index (κ1) is 16.6. The van der Waals surface area contributed by atoms with Crippen LogP contribution in [0.3, 0.4) is 0 Å². The van der Waals surface area contributed by atoms with Crippen LogP contribution in [0, 0.1) is 0 Å². The molecule has 0 radical (unpaired) electrons. The standard InChI is InChI=1S/C16H9Cl3N2O3/c17-10-1-2-13-9(5-10)6-14(24-13)16(23)21-20-7-8-3-11(18)15(22)12(19)4-8/h1-7,22H,(H,21,23)/b20-7+. The molecule has 0 bridgehead atoms. The summed E-state index contributed by atoms with van der Waals surface area (Å²) < 4.78 is 5.42. The van der Waals surface area contributed by atoms with Gasteiger partial charge in [-0.15, -0.1) is 0 Å². The number of fused-ring (bicyclic) bond motifs is 1. The van der Waals surface area contributed by atoms with Gasteiger partial charge in [0, 0.05) is 10.4 Å². The first-order valence-corrected chi connectivity index (χ1v) is 7.78. The van der Waals surface area contributed by atoms with Crippen molar-refractivity contribution < 1.29 is 14.3 Å². The molecule has 0 aliphatic heterocycles. The van der Waals surface area contributed by atoms with Crippen LogP contribution in [0.1, 0.15) is 16.1 Å². The number of hydrogen-bond donors (Lipinski definition) is 2. The number of carbonyl (C=O) groups is 1. The molecule has 3 aromatic rings. The van der Waals surface area contributed by atoms with Gasteiger partial charge in [-0.25, -0.2) is 5.43 Å². The van der Waals surface area contributed by atoms with Crippen molar-refractivity contribution in [3.05, 3.63) is 62.8 Å². The van der Waals surface area contributed by atoms with Crippen LogP contribution in [0.25, 0.3) is 11.0 Å². The Balaban J connectivity index is 1.74. The lowest BCUT2D eigenvalue weighted by molar-refractivity contribution is 0.0929. The van der Waals surface area contributed by atoms with Crippen molar-refractivity contribution in [2.24, 2.45) is 5.10 Å². The van der Waals surface area contributed by atoms with Crippen molar-refractivity contribution in [3.63, 3.8) is 0 Å². The zero-order valence-electron chi connectivity index (χ0n) is 11.9. The quantitative estimate of drug-likeness (QED) is 0.501. The summed E-state index contributed by atoms with van der Waals surface area (Å²) in [4.78, 5) is 12.0. The molecule has 8 heteroatoms. The number of furan rings is 1. The van der Waals surface area contributed by atoms with Gasteiger partial charge in [0.05, 0.1) is 16.3 Å². The predicted molar refractivity (Wildman–Crippen MR) is 94.4 cm³/mol. The van der Waals surface area contributed by atoms with Crippen molar-refractivity contribution in [2.75, 3.05) is 0 Å². The zero-order chi connectivity index (χ0) is 17.3. The first-order chi connectivity index (χ1) is 11.4. The van der Waals surface area contributed by atoms with E-state index >= 15 is 0 Å². The maximum absolute atomic E-state index is 12.0. The average Bonchev–Trinajstić information content (AvgIpc) is 2.95. The number of benzene rings is 2. The number of phenolic OH excluding ortho intramolecular Hbond substituents is 1. The van der Waals surface area contributed by atoms with Crippen LogP contribution in [0.2, 0.25) is 15.1 Å². The third kappa shape index (κ3) is 3.48. The highest BCUT2D eigenvalue weighted by Gasteiger charge is 2.12. The molecule has 1 aromatic heterocycles. The minimum atomic E-state index is -0.519. The third-order valence-electron chi connectivity index (χ3n) is 3.12. The lowest BCUT2D eigenvalue weighted by Gasteiger charge is -2.01. The van der Waals surface area contributed by atoms with Crippen molar-refractivity contribution in [2.45, 2.75) is 0 Å². The second-order valence-corrected chi connectivity index (χ2v) is 6.08. The Bertz CT molecular complexity index is 943. The van der Waals surface area contributed by atoms with Gasteiger partial charge in [0.25, 0.3) is 0 Å². The van der Waals surface area contributed by atoms with Gasteiger partial charge in [-0.05, 0) is 42.0 Å². The number of carbonyl (C=O) groups excluding carboxylic acids is 1. The van der Waals surface area contributed by atoms with E-state index in [1.54, 1.807) is 24.3 Å². The molecular formula is C16H9Cl3N2O3. The summed E-state index contributed by atoms with van der Waals surface area (Å²) in [5.41, 5.74) is 3.39. The van der Waals surface area contributed by atoms with E-state index in [2.05, 4.69) is 10.5 Å². The fourth-order valence-corrected chi connectivity index (χ4v) is 2.69. The Kier molecular flexibility index (Phi) is 4.66. The fraction of sp³-hybridized carbons (Fsp3) is 0. The van der Waals surface area contributed by atoms with Gasteiger partial charge in [0.2, 0.25) is 0 Å². The number of nitrogens with zero attached hydrogens (tertiary/aromatic N) is 1. The van der Waals surface area contributed by atoms with Crippen LogP contribution in [0.5, 0.6) is 5.75 Å². The maximum atomic E-state index is 12.0. The van der Waals surface area contributed by atoms with E-state index in [1.807, 2.05) is 0 Å². The van der Waals surface area contributed by atoms with E-state index in [0.29, 0.717) is 21.6 Å². The van der Waals surface area contributed by atoms with Gasteiger partial charge in [-0.2, -0.15) is 5.10 Å². The number of aromatic hydroxyl groups is 1. The van der Waals surface area contributed by atoms with Gasteiger partial charge < -0.3 is 9.52 Å². The molecule has 0 saturated carbocycles. The number of nitrogens with one attached hydrogen (secondary N) is 1. The summed E-state index contributed by atoms with van der Waals surface area (Å²) in [6.45, 7) is 0. The number of phenols is 1. The van der Waals surface area contributed by atoms with Crippen LogP contribution in [-0.2, 0) is 0 Å². The molecule has 0 aliphatic rings.